The van der Waals surface area contributed by atoms with Gasteiger partial charge in [0.15, 0.2) is 5.43 Å². The van der Waals surface area contributed by atoms with E-state index in [-0.39, 0.29) is 17.1 Å². The van der Waals surface area contributed by atoms with Crippen LogP contribution in [-0.4, -0.2) is 17.5 Å². The van der Waals surface area contributed by atoms with Crippen LogP contribution in [0.2, 0.25) is 0 Å². The van der Waals surface area contributed by atoms with Gasteiger partial charge in [-0.05, 0) is 85.8 Å². The van der Waals surface area contributed by atoms with Crippen LogP contribution in [0.25, 0.3) is 11.0 Å². The van der Waals surface area contributed by atoms with Crippen molar-refractivity contribution in [2.24, 2.45) is 0 Å². The summed E-state index contributed by atoms with van der Waals surface area (Å²) >= 11 is 0. The van der Waals surface area contributed by atoms with Crippen LogP contribution in [0, 0.1) is 20.8 Å². The summed E-state index contributed by atoms with van der Waals surface area (Å²) in [7, 11) is 0. The summed E-state index contributed by atoms with van der Waals surface area (Å²) in [5.74, 6) is 0.931. The molecule has 35 heavy (non-hydrogen) atoms. The first-order valence-corrected chi connectivity index (χ1v) is 12.0. The van der Waals surface area contributed by atoms with Gasteiger partial charge in [-0.25, -0.2) is 4.98 Å². The van der Waals surface area contributed by atoms with Crippen LogP contribution in [0.15, 0.2) is 63.9 Å². The summed E-state index contributed by atoms with van der Waals surface area (Å²) in [5.41, 5.74) is 4.32. The monoisotopic (exact) mass is 468 g/mol. The first-order chi connectivity index (χ1) is 16.9. The Hall–Kier alpha value is -3.93. The molecule has 3 heterocycles. The van der Waals surface area contributed by atoms with Crippen molar-refractivity contribution in [1.29, 1.82) is 0 Å². The van der Waals surface area contributed by atoms with Crippen LogP contribution in [-0.2, 0) is 0 Å². The van der Waals surface area contributed by atoms with Gasteiger partial charge in [0.25, 0.3) is 5.91 Å². The Balaban J connectivity index is 1.69. The zero-order valence-corrected chi connectivity index (χ0v) is 20.4. The Morgan fingerprint density at radius 1 is 1.00 bits per heavy atom. The number of anilines is 1. The molecule has 0 fully saturated rings. The Kier molecular flexibility index (Phi) is 5.89. The topological polar surface area (TPSA) is 72.6 Å². The van der Waals surface area contributed by atoms with E-state index in [4.69, 9.17) is 9.15 Å². The number of unbranched alkanes of at least 4 members (excludes halogenated alkanes) is 1. The minimum absolute atomic E-state index is 0.0716. The minimum atomic E-state index is -0.654. The first kappa shape index (κ1) is 22.8. The van der Waals surface area contributed by atoms with E-state index in [0.29, 0.717) is 29.0 Å². The molecule has 1 aliphatic rings. The van der Waals surface area contributed by atoms with Crippen LogP contribution in [0.5, 0.6) is 5.75 Å². The molecule has 0 saturated heterocycles. The number of aryl methyl sites for hydroxylation is 3. The molecule has 1 atom stereocenters. The van der Waals surface area contributed by atoms with Crippen molar-refractivity contribution in [3.05, 3.63) is 98.5 Å². The number of hydrogen-bond donors (Lipinski definition) is 0. The lowest BCUT2D eigenvalue weighted by Gasteiger charge is -2.24. The van der Waals surface area contributed by atoms with E-state index in [1.54, 1.807) is 11.1 Å². The van der Waals surface area contributed by atoms with Gasteiger partial charge in [0, 0.05) is 6.20 Å². The van der Waals surface area contributed by atoms with Crippen molar-refractivity contribution in [2.75, 3.05) is 11.5 Å². The first-order valence-electron chi connectivity index (χ1n) is 12.0. The van der Waals surface area contributed by atoms with Gasteiger partial charge in [0.05, 0.1) is 23.6 Å². The number of nitrogens with zero attached hydrogens (tertiary/aromatic N) is 2. The summed E-state index contributed by atoms with van der Waals surface area (Å²) in [6, 6.07) is 14.3. The number of pyridine rings is 1. The van der Waals surface area contributed by atoms with Gasteiger partial charge in [0.2, 0.25) is 5.76 Å². The SMILES string of the molecule is CCCCOc1ccc(C2c3c(oc4cc(C)c(C)cc4c3=O)C(=O)N2c2cc(C)ccn2)cc1. The third-order valence-corrected chi connectivity index (χ3v) is 6.60. The zero-order valence-electron chi connectivity index (χ0n) is 20.4. The van der Waals surface area contributed by atoms with Crippen LogP contribution < -0.4 is 15.1 Å². The van der Waals surface area contributed by atoms with Gasteiger partial charge in [-0.1, -0.05) is 25.5 Å². The van der Waals surface area contributed by atoms with Crippen LogP contribution in [0.3, 0.4) is 0 Å². The molecular formula is C29H28N2O4. The molecule has 2 aromatic heterocycles. The molecule has 1 unspecified atom stereocenters. The summed E-state index contributed by atoms with van der Waals surface area (Å²) in [5, 5.41) is 0.475. The number of aromatic nitrogens is 1. The highest BCUT2D eigenvalue weighted by Gasteiger charge is 2.44. The molecule has 6 heteroatoms. The fraction of sp³-hybridized carbons (Fsp3) is 0.276. The van der Waals surface area contributed by atoms with Gasteiger partial charge < -0.3 is 9.15 Å². The van der Waals surface area contributed by atoms with Crippen LogP contribution in [0.1, 0.15) is 64.2 Å². The molecule has 2 aromatic carbocycles. The average molecular weight is 469 g/mol. The maximum absolute atomic E-state index is 13.8. The highest BCUT2D eigenvalue weighted by atomic mass is 16.5. The summed E-state index contributed by atoms with van der Waals surface area (Å²) in [6.07, 6.45) is 3.70. The Morgan fingerprint density at radius 3 is 2.46 bits per heavy atom. The fourth-order valence-corrected chi connectivity index (χ4v) is 4.51. The summed E-state index contributed by atoms with van der Waals surface area (Å²) in [6.45, 7) is 8.63. The van der Waals surface area contributed by atoms with E-state index in [1.165, 1.54) is 0 Å². The maximum Gasteiger partial charge on any atom is 0.296 e. The van der Waals surface area contributed by atoms with Gasteiger partial charge in [-0.2, -0.15) is 0 Å². The summed E-state index contributed by atoms with van der Waals surface area (Å²) < 4.78 is 11.9. The predicted octanol–water partition coefficient (Wildman–Crippen LogP) is 6.04. The van der Waals surface area contributed by atoms with Crippen LogP contribution >= 0.6 is 0 Å². The van der Waals surface area contributed by atoms with E-state index in [0.717, 1.165) is 40.8 Å². The zero-order chi connectivity index (χ0) is 24.7. The lowest BCUT2D eigenvalue weighted by atomic mass is 9.97. The van der Waals surface area contributed by atoms with Gasteiger partial charge in [-0.15, -0.1) is 0 Å². The molecule has 0 spiro atoms. The molecule has 1 aliphatic heterocycles. The summed E-state index contributed by atoms with van der Waals surface area (Å²) in [4.78, 5) is 33.6. The molecule has 5 rings (SSSR count). The second-order valence-corrected chi connectivity index (χ2v) is 9.15. The molecule has 0 saturated carbocycles. The van der Waals surface area contributed by atoms with Crippen molar-refractivity contribution in [3.8, 4) is 5.75 Å². The second kappa shape index (κ2) is 9.02. The molecule has 4 aromatic rings. The third-order valence-electron chi connectivity index (χ3n) is 6.60. The largest absolute Gasteiger partial charge is 0.494 e. The Labute approximate surface area is 204 Å². The predicted molar refractivity (Wildman–Crippen MR) is 136 cm³/mol. The maximum atomic E-state index is 13.8. The van der Waals surface area contributed by atoms with Gasteiger partial charge in [-0.3, -0.25) is 14.5 Å². The Morgan fingerprint density at radius 2 is 1.74 bits per heavy atom. The van der Waals surface area contributed by atoms with Crippen molar-refractivity contribution in [2.45, 2.75) is 46.6 Å². The van der Waals surface area contributed by atoms with Gasteiger partial charge >= 0.3 is 0 Å². The molecule has 0 radical (unpaired) electrons. The molecule has 6 nitrogen and oxygen atoms in total. The standard InChI is InChI=1S/C29H28N2O4/c1-5-6-13-34-21-9-7-20(8-10-21)26-25-27(32)22-15-18(3)19(4)16-23(22)35-28(25)29(33)31(26)24-14-17(2)11-12-30-24/h7-12,14-16,26H,5-6,13H2,1-4H3. The number of fused-ring (bicyclic) bond motifs is 2. The van der Waals surface area contributed by atoms with Crippen LogP contribution in [0.4, 0.5) is 5.82 Å². The second-order valence-electron chi connectivity index (χ2n) is 9.15. The van der Waals surface area contributed by atoms with E-state index in [2.05, 4.69) is 11.9 Å². The van der Waals surface area contributed by atoms with Crippen molar-refractivity contribution < 1.29 is 13.9 Å². The number of rotatable bonds is 6. The lowest BCUT2D eigenvalue weighted by Crippen LogP contribution is -2.30. The number of carbonyl (C=O) groups is 1. The Bertz CT molecular complexity index is 1490. The normalized spacial score (nSPS) is 15.0. The minimum Gasteiger partial charge on any atom is -0.494 e. The molecule has 1 amide bonds. The number of carbonyl (C=O) groups excluding carboxylic acids is 1. The highest BCUT2D eigenvalue weighted by Crippen LogP contribution is 2.41. The molecular weight excluding hydrogens is 440 g/mol. The van der Waals surface area contributed by atoms with Gasteiger partial charge in [0.1, 0.15) is 17.2 Å². The quantitative estimate of drug-likeness (QED) is 0.323. The number of amides is 1. The smallest absolute Gasteiger partial charge is 0.296 e. The molecule has 0 N–H and O–H groups in total. The highest BCUT2D eigenvalue weighted by molar-refractivity contribution is 6.10. The number of hydrogen-bond acceptors (Lipinski definition) is 5. The molecule has 0 bridgehead atoms. The number of ether oxygens (including phenoxy) is 1. The number of benzene rings is 2. The average Bonchev–Trinajstić information content (AvgIpc) is 3.13. The lowest BCUT2D eigenvalue weighted by molar-refractivity contribution is 0.0970. The molecule has 0 aliphatic carbocycles. The van der Waals surface area contributed by atoms with Crippen molar-refractivity contribution in [3.63, 3.8) is 0 Å². The fourth-order valence-electron chi connectivity index (χ4n) is 4.51. The van der Waals surface area contributed by atoms with E-state index >= 15 is 0 Å². The van der Waals surface area contributed by atoms with E-state index < -0.39 is 6.04 Å². The third kappa shape index (κ3) is 3.99. The van der Waals surface area contributed by atoms with E-state index in [9.17, 15) is 9.59 Å². The van der Waals surface area contributed by atoms with Crippen molar-refractivity contribution in [1.82, 2.24) is 4.98 Å². The van der Waals surface area contributed by atoms with E-state index in [1.807, 2.05) is 69.3 Å². The molecule has 178 valence electrons. The van der Waals surface area contributed by atoms with Crippen molar-refractivity contribution >= 4 is 22.7 Å².